The number of anilines is 1. The van der Waals surface area contributed by atoms with Gasteiger partial charge in [0.25, 0.3) is 0 Å². The first-order valence-electron chi connectivity index (χ1n) is 5.09. The molecule has 0 atom stereocenters. The Kier molecular flexibility index (Phi) is 3.28. The molecule has 2 rings (SSSR count). The molecule has 1 heterocycles. The van der Waals surface area contributed by atoms with Crippen molar-refractivity contribution < 1.29 is 8.42 Å². The van der Waals surface area contributed by atoms with Gasteiger partial charge in [0, 0.05) is 18.0 Å². The highest BCUT2D eigenvalue weighted by molar-refractivity contribution is 7.90. The molecule has 0 aliphatic rings. The Morgan fingerprint density at radius 2 is 1.94 bits per heavy atom. The quantitative estimate of drug-likeness (QED) is 0.918. The van der Waals surface area contributed by atoms with Crippen LogP contribution in [-0.2, 0) is 9.84 Å². The van der Waals surface area contributed by atoms with Gasteiger partial charge in [-0.2, -0.15) is 0 Å². The average molecular weight is 283 g/mol. The predicted molar refractivity (Wildman–Crippen MR) is 72.2 cm³/mol. The number of aromatic nitrogens is 1. The Balaban J connectivity index is 2.55. The molecule has 0 aliphatic carbocycles. The number of sulfone groups is 1. The van der Waals surface area contributed by atoms with Crippen LogP contribution in [0.25, 0.3) is 11.1 Å². The van der Waals surface area contributed by atoms with Gasteiger partial charge in [-0.3, -0.25) is 0 Å². The number of benzene rings is 1. The molecule has 0 aliphatic heterocycles. The topological polar surface area (TPSA) is 73.0 Å². The lowest BCUT2D eigenvalue weighted by Gasteiger charge is -2.05. The summed E-state index contributed by atoms with van der Waals surface area (Å²) in [6.07, 6.45) is 2.73. The number of hydrogen-bond donors (Lipinski definition) is 1. The fourth-order valence-corrected chi connectivity index (χ4v) is 2.35. The first-order chi connectivity index (χ1) is 8.38. The molecule has 0 spiro atoms. The molecule has 0 unspecified atom stereocenters. The van der Waals surface area contributed by atoms with Gasteiger partial charge in [-0.05, 0) is 23.8 Å². The second-order valence-corrected chi connectivity index (χ2v) is 6.31. The van der Waals surface area contributed by atoms with Crippen LogP contribution in [0.3, 0.4) is 0 Å². The normalized spacial score (nSPS) is 11.4. The molecule has 0 saturated heterocycles. The molecule has 0 amide bonds. The Hall–Kier alpha value is -1.59. The highest BCUT2D eigenvalue weighted by Crippen LogP contribution is 2.26. The summed E-state index contributed by atoms with van der Waals surface area (Å²) in [5, 5.41) is 0.345. The molecule has 2 N–H and O–H groups in total. The van der Waals surface area contributed by atoms with Crippen LogP contribution in [0, 0.1) is 0 Å². The molecule has 94 valence electrons. The number of nitrogens with zero attached hydrogens (tertiary/aromatic N) is 1. The first-order valence-corrected chi connectivity index (χ1v) is 7.36. The smallest absolute Gasteiger partial charge is 0.175 e. The zero-order chi connectivity index (χ0) is 13.3. The largest absolute Gasteiger partial charge is 0.382 e. The van der Waals surface area contributed by atoms with E-state index in [0.717, 1.165) is 11.1 Å². The molecular formula is C12H11ClN2O2S. The van der Waals surface area contributed by atoms with Crippen LogP contribution in [0.1, 0.15) is 0 Å². The summed E-state index contributed by atoms with van der Waals surface area (Å²) in [4.78, 5) is 4.20. The highest BCUT2D eigenvalue weighted by Gasteiger charge is 2.09. The maximum absolute atomic E-state index is 11.5. The minimum atomic E-state index is -3.23. The minimum absolute atomic E-state index is 0.250. The van der Waals surface area contributed by atoms with E-state index in [2.05, 4.69) is 4.98 Å². The van der Waals surface area contributed by atoms with Crippen molar-refractivity contribution in [1.29, 1.82) is 0 Å². The number of hydrogen-bond acceptors (Lipinski definition) is 4. The van der Waals surface area contributed by atoms with E-state index in [4.69, 9.17) is 17.3 Å². The van der Waals surface area contributed by atoms with Crippen molar-refractivity contribution in [3.63, 3.8) is 0 Å². The van der Waals surface area contributed by atoms with E-state index in [1.54, 1.807) is 36.5 Å². The number of nitrogens with two attached hydrogens (primary N) is 1. The van der Waals surface area contributed by atoms with Gasteiger partial charge < -0.3 is 5.73 Å². The van der Waals surface area contributed by atoms with E-state index in [1.807, 2.05) is 0 Å². The van der Waals surface area contributed by atoms with Crippen LogP contribution >= 0.6 is 11.6 Å². The maximum atomic E-state index is 11.5. The van der Waals surface area contributed by atoms with Crippen molar-refractivity contribution >= 4 is 27.3 Å². The predicted octanol–water partition coefficient (Wildman–Crippen LogP) is 2.39. The van der Waals surface area contributed by atoms with Gasteiger partial charge in [-0.25, -0.2) is 13.4 Å². The minimum Gasteiger partial charge on any atom is -0.382 e. The van der Waals surface area contributed by atoms with Crippen molar-refractivity contribution in [3.05, 3.63) is 41.6 Å². The van der Waals surface area contributed by atoms with Crippen molar-refractivity contribution in [3.8, 4) is 11.1 Å². The number of rotatable bonds is 2. The standard InChI is InChI=1S/C12H11ClN2O2S/c1-18(16,17)10-4-2-3-8(5-10)9-6-11(13)12(14)15-7-9/h2-7H,1H3,(H2,14,15). The molecule has 4 nitrogen and oxygen atoms in total. The maximum Gasteiger partial charge on any atom is 0.175 e. The van der Waals surface area contributed by atoms with Crippen LogP contribution in [0.15, 0.2) is 41.4 Å². The van der Waals surface area contributed by atoms with E-state index in [0.29, 0.717) is 5.02 Å². The Labute approximate surface area is 110 Å². The van der Waals surface area contributed by atoms with Crippen LogP contribution in [0.5, 0.6) is 0 Å². The molecule has 6 heteroatoms. The summed E-state index contributed by atoms with van der Waals surface area (Å²) >= 11 is 5.89. The molecule has 0 saturated carbocycles. The van der Waals surface area contributed by atoms with Gasteiger partial charge in [0.1, 0.15) is 5.82 Å². The Morgan fingerprint density at radius 1 is 1.22 bits per heavy atom. The fourth-order valence-electron chi connectivity index (χ4n) is 1.51. The zero-order valence-corrected chi connectivity index (χ0v) is 11.2. The molecule has 0 fully saturated rings. The third kappa shape index (κ3) is 2.63. The van der Waals surface area contributed by atoms with Gasteiger partial charge in [0.15, 0.2) is 9.84 Å². The van der Waals surface area contributed by atoms with Crippen molar-refractivity contribution in [1.82, 2.24) is 4.98 Å². The van der Waals surface area contributed by atoms with Crippen molar-refractivity contribution in [2.45, 2.75) is 4.90 Å². The molecule has 1 aromatic carbocycles. The van der Waals surface area contributed by atoms with Gasteiger partial charge in [0.2, 0.25) is 0 Å². The monoisotopic (exact) mass is 282 g/mol. The lowest BCUT2D eigenvalue weighted by molar-refractivity contribution is 0.602. The molecule has 0 bridgehead atoms. The van der Waals surface area contributed by atoms with Crippen LogP contribution in [0.2, 0.25) is 5.02 Å². The lowest BCUT2D eigenvalue weighted by Crippen LogP contribution is -1.97. The van der Waals surface area contributed by atoms with Crippen LogP contribution in [0.4, 0.5) is 5.82 Å². The summed E-state index contributed by atoms with van der Waals surface area (Å²) in [5.41, 5.74) is 6.98. The Morgan fingerprint density at radius 3 is 2.56 bits per heavy atom. The SMILES string of the molecule is CS(=O)(=O)c1cccc(-c2cnc(N)c(Cl)c2)c1. The molecular weight excluding hydrogens is 272 g/mol. The molecule has 0 radical (unpaired) electrons. The van der Waals surface area contributed by atoms with E-state index in [1.165, 1.54) is 6.26 Å². The third-order valence-electron chi connectivity index (χ3n) is 2.47. The van der Waals surface area contributed by atoms with Crippen molar-refractivity contribution in [2.75, 3.05) is 12.0 Å². The molecule has 2 aromatic rings. The van der Waals surface area contributed by atoms with E-state index >= 15 is 0 Å². The third-order valence-corrected chi connectivity index (χ3v) is 3.88. The molecule has 1 aromatic heterocycles. The van der Waals surface area contributed by atoms with Gasteiger partial charge >= 0.3 is 0 Å². The summed E-state index contributed by atoms with van der Waals surface area (Å²) in [7, 11) is -3.23. The number of halogens is 1. The average Bonchev–Trinajstić information content (AvgIpc) is 2.32. The fraction of sp³-hybridized carbons (Fsp3) is 0.0833. The first kappa shape index (κ1) is 12.9. The summed E-state index contributed by atoms with van der Waals surface area (Å²) in [5.74, 6) is 0.250. The zero-order valence-electron chi connectivity index (χ0n) is 9.59. The van der Waals surface area contributed by atoms with Gasteiger partial charge in [-0.15, -0.1) is 0 Å². The lowest BCUT2D eigenvalue weighted by atomic mass is 10.1. The van der Waals surface area contributed by atoms with E-state index in [-0.39, 0.29) is 10.7 Å². The van der Waals surface area contributed by atoms with Gasteiger partial charge in [0.05, 0.1) is 9.92 Å². The summed E-state index contributed by atoms with van der Waals surface area (Å²) < 4.78 is 23.0. The number of pyridine rings is 1. The van der Waals surface area contributed by atoms with Crippen LogP contribution < -0.4 is 5.73 Å². The number of nitrogen functional groups attached to an aromatic ring is 1. The second kappa shape index (κ2) is 4.59. The van der Waals surface area contributed by atoms with E-state index in [9.17, 15) is 8.42 Å². The van der Waals surface area contributed by atoms with Gasteiger partial charge in [-0.1, -0.05) is 23.7 Å². The Bertz CT molecular complexity index is 699. The van der Waals surface area contributed by atoms with Crippen LogP contribution in [-0.4, -0.2) is 19.7 Å². The highest BCUT2D eigenvalue weighted by atomic mass is 35.5. The second-order valence-electron chi connectivity index (χ2n) is 3.89. The molecule has 18 heavy (non-hydrogen) atoms. The van der Waals surface area contributed by atoms with E-state index < -0.39 is 9.84 Å². The van der Waals surface area contributed by atoms with Crippen molar-refractivity contribution in [2.24, 2.45) is 0 Å². The summed E-state index contributed by atoms with van der Waals surface area (Å²) in [6, 6.07) is 8.25. The summed E-state index contributed by atoms with van der Waals surface area (Å²) in [6.45, 7) is 0.